The Morgan fingerprint density at radius 3 is 2.64 bits per heavy atom. The van der Waals surface area contributed by atoms with E-state index in [4.69, 9.17) is 9.47 Å². The molecule has 12 heteroatoms. The van der Waals surface area contributed by atoms with Crippen molar-refractivity contribution in [2.75, 3.05) is 19.7 Å². The molecule has 0 fully saturated rings. The smallest absolute Gasteiger partial charge is 0.421 e. The second-order valence-electron chi connectivity index (χ2n) is 8.84. The SMILES string of the molecule is Cc1cn(-c2ccc3n(c2=O)CCN(CCOc2ccc(F)c4c2C(C)(C(F)(F)F)OC4)C3=O)cn1. The van der Waals surface area contributed by atoms with Crippen LogP contribution in [-0.2, 0) is 23.5 Å². The number of alkyl halides is 3. The molecule has 0 N–H and O–H groups in total. The van der Waals surface area contributed by atoms with Gasteiger partial charge in [-0.3, -0.25) is 9.59 Å². The second kappa shape index (κ2) is 8.47. The molecule has 3 aromatic rings. The molecule has 1 unspecified atom stereocenters. The third kappa shape index (κ3) is 3.76. The first-order valence-corrected chi connectivity index (χ1v) is 11.2. The van der Waals surface area contributed by atoms with E-state index in [2.05, 4.69) is 4.98 Å². The summed E-state index contributed by atoms with van der Waals surface area (Å²) in [5.41, 5.74) is -2.31. The number of nitrogens with zero attached hydrogens (tertiary/aromatic N) is 4. The predicted octanol–water partition coefficient (Wildman–Crippen LogP) is 3.32. The average molecular weight is 506 g/mol. The largest absolute Gasteiger partial charge is 0.491 e. The van der Waals surface area contributed by atoms with Crippen LogP contribution in [0.5, 0.6) is 5.75 Å². The van der Waals surface area contributed by atoms with E-state index < -0.39 is 30.1 Å². The lowest BCUT2D eigenvalue weighted by Crippen LogP contribution is -2.46. The Bertz CT molecular complexity index is 1410. The molecule has 5 rings (SSSR count). The summed E-state index contributed by atoms with van der Waals surface area (Å²) in [4.78, 5) is 31.5. The third-order valence-corrected chi connectivity index (χ3v) is 6.60. The van der Waals surface area contributed by atoms with Crippen LogP contribution in [-0.4, -0.2) is 50.8 Å². The average Bonchev–Trinajstić information content (AvgIpc) is 3.42. The number of imidazole rings is 1. The summed E-state index contributed by atoms with van der Waals surface area (Å²) >= 11 is 0. The number of rotatable bonds is 5. The van der Waals surface area contributed by atoms with Crippen LogP contribution in [0.2, 0.25) is 0 Å². The molecule has 2 aromatic heterocycles. The predicted molar refractivity (Wildman–Crippen MR) is 119 cm³/mol. The van der Waals surface area contributed by atoms with Crippen molar-refractivity contribution in [3.8, 4) is 11.4 Å². The van der Waals surface area contributed by atoms with E-state index in [1.54, 1.807) is 29.8 Å². The van der Waals surface area contributed by atoms with Crippen LogP contribution in [0, 0.1) is 12.7 Å². The maximum Gasteiger partial charge on any atom is 0.421 e. The van der Waals surface area contributed by atoms with Gasteiger partial charge >= 0.3 is 6.18 Å². The van der Waals surface area contributed by atoms with Crippen LogP contribution in [0.15, 0.2) is 41.6 Å². The first-order valence-electron chi connectivity index (χ1n) is 11.2. The molecular formula is C24H22F4N4O4. The van der Waals surface area contributed by atoms with Gasteiger partial charge in [0.25, 0.3) is 11.5 Å². The number of hydrogen-bond acceptors (Lipinski definition) is 5. The van der Waals surface area contributed by atoms with Crippen LogP contribution in [0.4, 0.5) is 17.6 Å². The monoisotopic (exact) mass is 506 g/mol. The number of halogens is 4. The van der Waals surface area contributed by atoms with E-state index in [0.29, 0.717) is 5.69 Å². The van der Waals surface area contributed by atoms with Gasteiger partial charge in [-0.25, -0.2) is 9.37 Å². The molecule has 2 aliphatic heterocycles. The maximum absolute atomic E-state index is 14.2. The molecule has 8 nitrogen and oxygen atoms in total. The van der Waals surface area contributed by atoms with Crippen molar-refractivity contribution in [1.82, 2.24) is 19.0 Å². The van der Waals surface area contributed by atoms with E-state index in [-0.39, 0.29) is 54.4 Å². The van der Waals surface area contributed by atoms with E-state index in [9.17, 15) is 27.2 Å². The highest BCUT2D eigenvalue weighted by Gasteiger charge is 2.59. The fraction of sp³-hybridized carbons (Fsp3) is 0.375. The minimum absolute atomic E-state index is 0.0607. The molecule has 0 radical (unpaired) electrons. The number of aromatic nitrogens is 3. The summed E-state index contributed by atoms with van der Waals surface area (Å²) in [7, 11) is 0. The fourth-order valence-corrected chi connectivity index (χ4v) is 4.59. The molecule has 1 amide bonds. The van der Waals surface area contributed by atoms with Gasteiger partial charge in [-0.2, -0.15) is 13.2 Å². The van der Waals surface area contributed by atoms with Gasteiger partial charge in [-0.1, -0.05) is 0 Å². The summed E-state index contributed by atoms with van der Waals surface area (Å²) < 4.78 is 68.9. The van der Waals surface area contributed by atoms with Gasteiger partial charge in [-0.15, -0.1) is 0 Å². The summed E-state index contributed by atoms with van der Waals surface area (Å²) in [6.45, 7) is 2.50. The minimum atomic E-state index is -4.78. The van der Waals surface area contributed by atoms with Gasteiger partial charge in [-0.05, 0) is 38.1 Å². The molecule has 4 heterocycles. The lowest BCUT2D eigenvalue weighted by atomic mass is 9.92. The quantitative estimate of drug-likeness (QED) is 0.497. The number of carbonyl (C=O) groups is 1. The lowest BCUT2D eigenvalue weighted by Gasteiger charge is -2.31. The first-order chi connectivity index (χ1) is 17.0. The van der Waals surface area contributed by atoms with E-state index in [1.807, 2.05) is 0 Å². The highest BCUT2D eigenvalue weighted by atomic mass is 19.4. The Hall–Kier alpha value is -3.67. The first kappa shape index (κ1) is 24.0. The molecule has 0 aliphatic carbocycles. The normalized spacial score (nSPS) is 19.4. The third-order valence-electron chi connectivity index (χ3n) is 6.60. The second-order valence-corrected chi connectivity index (χ2v) is 8.84. The topological polar surface area (TPSA) is 78.6 Å². The van der Waals surface area contributed by atoms with Gasteiger partial charge < -0.3 is 23.5 Å². The number of aryl methyl sites for hydroxylation is 1. The summed E-state index contributed by atoms with van der Waals surface area (Å²) in [6.07, 6.45) is -1.55. The minimum Gasteiger partial charge on any atom is -0.491 e. The summed E-state index contributed by atoms with van der Waals surface area (Å²) in [5, 5.41) is 0. The van der Waals surface area contributed by atoms with Crippen LogP contribution in [0.25, 0.3) is 5.69 Å². The lowest BCUT2D eigenvalue weighted by molar-refractivity contribution is -0.273. The van der Waals surface area contributed by atoms with Crippen molar-refractivity contribution in [2.45, 2.75) is 38.8 Å². The zero-order valence-electron chi connectivity index (χ0n) is 19.4. The highest BCUT2D eigenvalue weighted by molar-refractivity contribution is 5.93. The number of amides is 1. The number of benzene rings is 1. The Morgan fingerprint density at radius 1 is 1.17 bits per heavy atom. The number of carbonyl (C=O) groups excluding carboxylic acids is 1. The molecule has 1 aromatic carbocycles. The van der Waals surface area contributed by atoms with Gasteiger partial charge in [0.2, 0.25) is 0 Å². The Morgan fingerprint density at radius 2 is 1.94 bits per heavy atom. The zero-order chi connectivity index (χ0) is 25.8. The maximum atomic E-state index is 14.2. The van der Waals surface area contributed by atoms with Gasteiger partial charge in [0, 0.05) is 30.4 Å². The van der Waals surface area contributed by atoms with Gasteiger partial charge in [0.05, 0.1) is 25.2 Å². The van der Waals surface area contributed by atoms with Crippen LogP contribution < -0.4 is 10.3 Å². The van der Waals surface area contributed by atoms with Crippen molar-refractivity contribution in [3.63, 3.8) is 0 Å². The highest BCUT2D eigenvalue weighted by Crippen LogP contribution is 2.51. The Kier molecular flexibility index (Phi) is 5.66. The number of fused-ring (bicyclic) bond motifs is 2. The molecule has 0 saturated heterocycles. The van der Waals surface area contributed by atoms with E-state index in [0.717, 1.165) is 24.8 Å². The fourth-order valence-electron chi connectivity index (χ4n) is 4.59. The molecule has 2 aliphatic rings. The van der Waals surface area contributed by atoms with Crippen molar-refractivity contribution < 1.29 is 31.8 Å². The summed E-state index contributed by atoms with van der Waals surface area (Å²) in [6, 6.07) is 5.28. The molecule has 0 saturated carbocycles. The molecule has 0 spiro atoms. The Labute approximate surface area is 202 Å². The van der Waals surface area contributed by atoms with Crippen molar-refractivity contribution >= 4 is 5.91 Å². The van der Waals surface area contributed by atoms with E-state index >= 15 is 0 Å². The molecular weight excluding hydrogens is 484 g/mol. The van der Waals surface area contributed by atoms with Gasteiger partial charge in [0.1, 0.15) is 29.6 Å². The Balaban J connectivity index is 1.32. The number of hydrogen-bond donors (Lipinski definition) is 0. The van der Waals surface area contributed by atoms with Crippen molar-refractivity contribution in [1.29, 1.82) is 0 Å². The number of ether oxygens (including phenoxy) is 2. The molecule has 0 bridgehead atoms. The van der Waals surface area contributed by atoms with Crippen LogP contribution in [0.1, 0.15) is 34.2 Å². The van der Waals surface area contributed by atoms with Crippen molar-refractivity contribution in [2.24, 2.45) is 0 Å². The molecule has 36 heavy (non-hydrogen) atoms. The summed E-state index contributed by atoms with van der Waals surface area (Å²) in [5.74, 6) is -1.35. The standard InChI is InChI=1S/C24H22F4N4O4/c1-14-11-31(13-29-14)17-4-5-18-21(33)30(7-8-32(18)22(17)34)9-10-35-19-6-3-16(25)15-12-36-23(2,20(15)19)24(26,27)28/h3-6,11,13H,7-10,12H2,1-2H3. The van der Waals surface area contributed by atoms with E-state index in [1.165, 1.54) is 15.8 Å². The molecule has 1 atom stereocenters. The van der Waals surface area contributed by atoms with Gasteiger partial charge in [0.15, 0.2) is 5.60 Å². The van der Waals surface area contributed by atoms with Crippen molar-refractivity contribution in [3.05, 3.63) is 75.5 Å². The molecule has 190 valence electrons. The van der Waals surface area contributed by atoms with Crippen LogP contribution in [0.3, 0.4) is 0 Å². The van der Waals surface area contributed by atoms with Crippen LogP contribution >= 0.6 is 0 Å². The number of pyridine rings is 1. The zero-order valence-corrected chi connectivity index (χ0v) is 19.4.